The highest BCUT2D eigenvalue weighted by Crippen LogP contribution is 1.97. The van der Waals surface area contributed by atoms with E-state index in [4.69, 9.17) is 9.57 Å². The van der Waals surface area contributed by atoms with Gasteiger partial charge in [0.15, 0.2) is 0 Å². The first kappa shape index (κ1) is 19.1. The number of hydrogen-bond acceptors (Lipinski definition) is 5. The smallest absolute Gasteiger partial charge is 0.246 e. The van der Waals surface area contributed by atoms with Gasteiger partial charge in [-0.1, -0.05) is 6.58 Å². The van der Waals surface area contributed by atoms with Gasteiger partial charge < -0.3 is 15.2 Å². The van der Waals surface area contributed by atoms with Gasteiger partial charge in [-0.2, -0.15) is 5.06 Å². The van der Waals surface area contributed by atoms with E-state index in [2.05, 4.69) is 11.9 Å². The highest BCUT2D eigenvalue weighted by atomic mass is 16.7. The van der Waals surface area contributed by atoms with Gasteiger partial charge >= 0.3 is 0 Å². The van der Waals surface area contributed by atoms with Crippen molar-refractivity contribution in [2.45, 2.75) is 33.3 Å². The van der Waals surface area contributed by atoms with Crippen LogP contribution in [0.15, 0.2) is 12.2 Å². The summed E-state index contributed by atoms with van der Waals surface area (Å²) < 4.78 is 5.19. The Morgan fingerprint density at radius 2 is 2.15 bits per heavy atom. The van der Waals surface area contributed by atoms with Gasteiger partial charge in [-0.25, -0.2) is 0 Å². The number of nitrogens with one attached hydrogen (secondary N) is 1. The molecule has 6 heteroatoms. The second kappa shape index (κ2) is 11.8. The third-order valence-corrected chi connectivity index (χ3v) is 2.43. The van der Waals surface area contributed by atoms with E-state index in [0.29, 0.717) is 45.0 Å². The maximum atomic E-state index is 11.3. The zero-order valence-corrected chi connectivity index (χ0v) is 12.9. The predicted molar refractivity (Wildman–Crippen MR) is 78.1 cm³/mol. The van der Waals surface area contributed by atoms with Crippen LogP contribution in [0.5, 0.6) is 0 Å². The lowest BCUT2D eigenvalue weighted by atomic mass is 10.3. The zero-order valence-electron chi connectivity index (χ0n) is 12.9. The Morgan fingerprint density at radius 3 is 2.70 bits per heavy atom. The van der Waals surface area contributed by atoms with E-state index in [1.807, 2.05) is 6.92 Å². The molecule has 0 bridgehead atoms. The fourth-order valence-corrected chi connectivity index (χ4v) is 1.48. The van der Waals surface area contributed by atoms with Gasteiger partial charge in [0.25, 0.3) is 0 Å². The Labute approximate surface area is 121 Å². The van der Waals surface area contributed by atoms with Gasteiger partial charge in [0.2, 0.25) is 5.91 Å². The molecule has 0 saturated carbocycles. The summed E-state index contributed by atoms with van der Waals surface area (Å²) in [5.41, 5.74) is 0.499. The van der Waals surface area contributed by atoms with Crippen LogP contribution in [0.2, 0.25) is 0 Å². The van der Waals surface area contributed by atoms with Gasteiger partial charge in [0.1, 0.15) is 0 Å². The predicted octanol–water partition coefficient (Wildman–Crippen LogP) is 0.720. The van der Waals surface area contributed by atoms with Crippen LogP contribution in [-0.2, 0) is 14.4 Å². The molecule has 1 amide bonds. The summed E-state index contributed by atoms with van der Waals surface area (Å²) >= 11 is 0. The summed E-state index contributed by atoms with van der Waals surface area (Å²) in [7, 11) is 0. The molecular formula is C14H28N2O4. The second-order valence-electron chi connectivity index (χ2n) is 4.66. The van der Waals surface area contributed by atoms with Crippen LogP contribution in [0, 0.1) is 0 Å². The van der Waals surface area contributed by atoms with Crippen molar-refractivity contribution in [3.05, 3.63) is 12.2 Å². The third-order valence-electron chi connectivity index (χ3n) is 2.43. The maximum Gasteiger partial charge on any atom is 0.246 e. The average Bonchev–Trinajstić information content (AvgIpc) is 2.38. The molecule has 1 atom stereocenters. The lowest BCUT2D eigenvalue weighted by molar-refractivity contribution is -0.181. The zero-order chi connectivity index (χ0) is 15.4. The van der Waals surface area contributed by atoms with Crippen LogP contribution in [0.1, 0.15) is 27.2 Å². The molecule has 0 fully saturated rings. The van der Waals surface area contributed by atoms with Crippen LogP contribution in [0.25, 0.3) is 0 Å². The van der Waals surface area contributed by atoms with Crippen molar-refractivity contribution in [3.8, 4) is 0 Å². The molecular weight excluding hydrogens is 260 g/mol. The maximum absolute atomic E-state index is 11.3. The molecule has 0 spiro atoms. The summed E-state index contributed by atoms with van der Waals surface area (Å²) in [6.45, 7) is 12.1. The Morgan fingerprint density at radius 1 is 1.45 bits per heavy atom. The number of carbonyl (C=O) groups excluding carboxylic acids is 1. The lowest BCUT2D eigenvalue weighted by Crippen LogP contribution is -2.35. The van der Waals surface area contributed by atoms with Crippen molar-refractivity contribution in [2.75, 3.05) is 39.5 Å². The largest absolute Gasteiger partial charge is 0.392 e. The topological polar surface area (TPSA) is 71.0 Å². The Kier molecular flexibility index (Phi) is 11.3. The minimum absolute atomic E-state index is 0.135. The van der Waals surface area contributed by atoms with E-state index in [1.54, 1.807) is 18.9 Å². The number of ether oxygens (including phenoxy) is 1. The molecule has 0 rings (SSSR count). The Bertz CT molecular complexity index is 282. The molecule has 0 aromatic heterocycles. The molecule has 0 aliphatic rings. The van der Waals surface area contributed by atoms with Gasteiger partial charge in [-0.3, -0.25) is 9.63 Å². The first-order valence-corrected chi connectivity index (χ1v) is 7.04. The fraction of sp³-hybridized carbons (Fsp3) is 0.786. The van der Waals surface area contributed by atoms with Crippen LogP contribution in [0.4, 0.5) is 0 Å². The summed E-state index contributed by atoms with van der Waals surface area (Å²) in [6.07, 6.45) is 0.271. The van der Waals surface area contributed by atoms with Crippen molar-refractivity contribution in [2.24, 2.45) is 0 Å². The molecule has 20 heavy (non-hydrogen) atoms. The van der Waals surface area contributed by atoms with E-state index in [9.17, 15) is 9.90 Å². The third kappa shape index (κ3) is 10.9. The summed E-state index contributed by atoms with van der Waals surface area (Å²) in [6, 6.07) is 0. The number of rotatable bonds is 12. The SMILES string of the molecule is C=C(C)C(=O)NCCCN(CC(C)O)OCCOCC. The minimum Gasteiger partial charge on any atom is -0.392 e. The molecule has 0 radical (unpaired) electrons. The van der Waals surface area contributed by atoms with Gasteiger partial charge in [0.05, 0.1) is 19.3 Å². The average molecular weight is 288 g/mol. The molecule has 0 aromatic rings. The highest BCUT2D eigenvalue weighted by molar-refractivity contribution is 5.91. The number of nitrogens with zero attached hydrogens (tertiary/aromatic N) is 1. The second-order valence-corrected chi connectivity index (χ2v) is 4.66. The molecule has 0 aliphatic heterocycles. The van der Waals surface area contributed by atoms with Crippen molar-refractivity contribution in [3.63, 3.8) is 0 Å². The normalized spacial score (nSPS) is 12.4. The monoisotopic (exact) mass is 288 g/mol. The van der Waals surface area contributed by atoms with E-state index in [-0.39, 0.29) is 5.91 Å². The van der Waals surface area contributed by atoms with Gasteiger partial charge in [-0.05, 0) is 27.2 Å². The highest BCUT2D eigenvalue weighted by Gasteiger charge is 2.09. The summed E-state index contributed by atoms with van der Waals surface area (Å²) in [5.74, 6) is -0.135. The molecule has 0 aromatic carbocycles. The molecule has 0 aliphatic carbocycles. The van der Waals surface area contributed by atoms with E-state index < -0.39 is 6.10 Å². The molecule has 0 saturated heterocycles. The first-order valence-electron chi connectivity index (χ1n) is 7.04. The molecule has 6 nitrogen and oxygen atoms in total. The van der Waals surface area contributed by atoms with Crippen molar-refractivity contribution in [1.29, 1.82) is 0 Å². The summed E-state index contributed by atoms with van der Waals surface area (Å²) in [4.78, 5) is 16.8. The number of aliphatic hydroxyl groups is 1. The minimum atomic E-state index is -0.466. The molecule has 0 heterocycles. The van der Waals surface area contributed by atoms with Gasteiger partial charge in [-0.15, -0.1) is 0 Å². The molecule has 118 valence electrons. The van der Waals surface area contributed by atoms with Crippen LogP contribution >= 0.6 is 0 Å². The van der Waals surface area contributed by atoms with E-state index in [1.165, 1.54) is 0 Å². The number of amides is 1. The van der Waals surface area contributed by atoms with Crippen LogP contribution < -0.4 is 5.32 Å². The first-order chi connectivity index (χ1) is 9.47. The van der Waals surface area contributed by atoms with Crippen molar-refractivity contribution >= 4 is 5.91 Å². The number of carbonyl (C=O) groups is 1. The molecule has 2 N–H and O–H groups in total. The number of hydrogen-bond donors (Lipinski definition) is 2. The summed E-state index contributed by atoms with van der Waals surface area (Å²) in [5, 5.41) is 13.9. The molecule has 1 unspecified atom stereocenters. The quantitative estimate of drug-likeness (QED) is 0.314. The lowest BCUT2D eigenvalue weighted by Gasteiger charge is -2.23. The Balaban J connectivity index is 3.85. The van der Waals surface area contributed by atoms with E-state index in [0.717, 1.165) is 6.42 Å². The van der Waals surface area contributed by atoms with Crippen molar-refractivity contribution in [1.82, 2.24) is 10.4 Å². The number of aliphatic hydroxyl groups excluding tert-OH is 1. The van der Waals surface area contributed by atoms with Crippen LogP contribution in [0.3, 0.4) is 0 Å². The Hall–Kier alpha value is -0.950. The van der Waals surface area contributed by atoms with Crippen molar-refractivity contribution < 1.29 is 19.5 Å². The standard InChI is InChI=1S/C14H28N2O4/c1-5-19-9-10-20-16(11-13(4)17)8-6-7-15-14(18)12(2)3/h13,17H,2,5-11H2,1,3-4H3,(H,15,18). The van der Waals surface area contributed by atoms with Gasteiger partial charge in [0, 0.05) is 31.8 Å². The fourth-order valence-electron chi connectivity index (χ4n) is 1.48. The van der Waals surface area contributed by atoms with Crippen LogP contribution in [-0.4, -0.2) is 61.6 Å². The number of hydroxylamine groups is 2. The van der Waals surface area contributed by atoms with E-state index >= 15 is 0 Å².